The van der Waals surface area contributed by atoms with Crippen molar-refractivity contribution in [2.75, 3.05) is 26.2 Å². The molecule has 2 fully saturated rings. The molecule has 1 saturated heterocycles. The lowest BCUT2D eigenvalue weighted by molar-refractivity contribution is -0.0488. The van der Waals surface area contributed by atoms with Gasteiger partial charge in [0.05, 0.1) is 12.7 Å². The zero-order chi connectivity index (χ0) is 13.0. The van der Waals surface area contributed by atoms with Crippen LogP contribution in [0.2, 0.25) is 0 Å². The maximum atomic E-state index is 5.67. The second-order valence-corrected chi connectivity index (χ2v) is 6.40. The molecule has 1 aliphatic heterocycles. The summed E-state index contributed by atoms with van der Waals surface area (Å²) in [7, 11) is 0. The quantitative estimate of drug-likeness (QED) is 0.833. The van der Waals surface area contributed by atoms with Crippen molar-refractivity contribution in [3.8, 4) is 0 Å². The Kier molecular flexibility index (Phi) is 5.46. The molecule has 0 aromatic heterocycles. The van der Waals surface area contributed by atoms with Crippen LogP contribution in [0.1, 0.15) is 46.5 Å². The third-order valence-electron chi connectivity index (χ3n) is 4.58. The fourth-order valence-electron chi connectivity index (χ4n) is 3.16. The molecule has 2 unspecified atom stereocenters. The minimum atomic E-state index is 0.400. The van der Waals surface area contributed by atoms with Gasteiger partial charge >= 0.3 is 0 Å². The Bertz CT molecular complexity index is 239. The number of morpholine rings is 1. The molecule has 3 heteroatoms. The monoisotopic (exact) mass is 254 g/mol. The lowest BCUT2D eigenvalue weighted by Gasteiger charge is -2.37. The first-order chi connectivity index (χ1) is 8.65. The highest BCUT2D eigenvalue weighted by Gasteiger charge is 2.23. The molecule has 106 valence electrons. The molecule has 0 amide bonds. The molecule has 2 rings (SSSR count). The van der Waals surface area contributed by atoms with Gasteiger partial charge in [0.2, 0.25) is 0 Å². The van der Waals surface area contributed by atoms with Crippen LogP contribution in [0.25, 0.3) is 0 Å². The summed E-state index contributed by atoms with van der Waals surface area (Å²) in [6.07, 6.45) is 5.95. The third kappa shape index (κ3) is 4.22. The van der Waals surface area contributed by atoms with Gasteiger partial charge in [-0.2, -0.15) is 0 Å². The van der Waals surface area contributed by atoms with E-state index < -0.39 is 0 Å². The molecule has 0 aromatic carbocycles. The summed E-state index contributed by atoms with van der Waals surface area (Å²) in [5.74, 6) is 0.947. The van der Waals surface area contributed by atoms with E-state index in [2.05, 4.69) is 31.0 Å². The normalized spacial score (nSPS) is 38.8. The highest BCUT2D eigenvalue weighted by atomic mass is 16.5. The molecule has 2 aliphatic rings. The van der Waals surface area contributed by atoms with Crippen LogP contribution in [0.15, 0.2) is 0 Å². The fraction of sp³-hybridized carbons (Fsp3) is 1.00. The standard InChI is InChI=1S/C15H30N2O/c1-12-4-6-15(7-5-12)16-8-9-17-10-14(3)18-11-13(17)2/h12-16H,4-11H2,1-3H3. The molecule has 1 saturated carbocycles. The van der Waals surface area contributed by atoms with E-state index in [1.54, 1.807) is 0 Å². The Morgan fingerprint density at radius 3 is 2.56 bits per heavy atom. The molecule has 0 radical (unpaired) electrons. The van der Waals surface area contributed by atoms with E-state index in [-0.39, 0.29) is 0 Å². The van der Waals surface area contributed by atoms with Gasteiger partial charge in [-0.3, -0.25) is 4.90 Å². The maximum absolute atomic E-state index is 5.67. The highest BCUT2D eigenvalue weighted by Crippen LogP contribution is 2.23. The lowest BCUT2D eigenvalue weighted by Crippen LogP contribution is -2.50. The van der Waals surface area contributed by atoms with Crippen molar-refractivity contribution in [2.24, 2.45) is 5.92 Å². The van der Waals surface area contributed by atoms with Crippen molar-refractivity contribution in [2.45, 2.75) is 64.6 Å². The predicted octanol–water partition coefficient (Wildman–Crippen LogP) is 2.26. The number of nitrogens with zero attached hydrogens (tertiary/aromatic N) is 1. The van der Waals surface area contributed by atoms with Crippen molar-refractivity contribution in [1.29, 1.82) is 0 Å². The first kappa shape index (κ1) is 14.3. The Morgan fingerprint density at radius 2 is 1.83 bits per heavy atom. The van der Waals surface area contributed by atoms with Gasteiger partial charge in [0.25, 0.3) is 0 Å². The van der Waals surface area contributed by atoms with E-state index in [1.807, 2.05) is 0 Å². The van der Waals surface area contributed by atoms with Crippen molar-refractivity contribution < 1.29 is 4.74 Å². The van der Waals surface area contributed by atoms with Gasteiger partial charge in [-0.25, -0.2) is 0 Å². The largest absolute Gasteiger partial charge is 0.376 e. The van der Waals surface area contributed by atoms with E-state index >= 15 is 0 Å². The van der Waals surface area contributed by atoms with E-state index in [4.69, 9.17) is 4.74 Å². The number of hydrogen-bond donors (Lipinski definition) is 1. The Balaban J connectivity index is 1.62. The average Bonchev–Trinajstić information content (AvgIpc) is 2.36. The molecule has 0 spiro atoms. The molecule has 2 atom stereocenters. The van der Waals surface area contributed by atoms with Crippen molar-refractivity contribution in [1.82, 2.24) is 10.2 Å². The summed E-state index contributed by atoms with van der Waals surface area (Å²) < 4.78 is 5.67. The Hall–Kier alpha value is -0.120. The van der Waals surface area contributed by atoms with Gasteiger partial charge in [0.1, 0.15) is 0 Å². The van der Waals surface area contributed by atoms with Crippen LogP contribution in [-0.4, -0.2) is 49.3 Å². The minimum Gasteiger partial charge on any atom is -0.376 e. The van der Waals surface area contributed by atoms with Gasteiger partial charge in [-0.1, -0.05) is 6.92 Å². The van der Waals surface area contributed by atoms with Crippen LogP contribution in [0.5, 0.6) is 0 Å². The topological polar surface area (TPSA) is 24.5 Å². The maximum Gasteiger partial charge on any atom is 0.0674 e. The van der Waals surface area contributed by atoms with Crippen LogP contribution in [0.4, 0.5) is 0 Å². The summed E-state index contributed by atoms with van der Waals surface area (Å²) in [6, 6.07) is 1.35. The zero-order valence-electron chi connectivity index (χ0n) is 12.3. The Labute approximate surface area is 112 Å². The third-order valence-corrected chi connectivity index (χ3v) is 4.58. The van der Waals surface area contributed by atoms with E-state index in [9.17, 15) is 0 Å². The van der Waals surface area contributed by atoms with E-state index in [0.29, 0.717) is 12.1 Å². The first-order valence-corrected chi connectivity index (χ1v) is 7.74. The molecule has 0 aromatic rings. The van der Waals surface area contributed by atoms with Crippen molar-refractivity contribution in [3.05, 3.63) is 0 Å². The average molecular weight is 254 g/mol. The van der Waals surface area contributed by atoms with Crippen molar-refractivity contribution >= 4 is 0 Å². The molecule has 3 nitrogen and oxygen atoms in total. The van der Waals surface area contributed by atoms with Crippen LogP contribution >= 0.6 is 0 Å². The SMILES string of the molecule is CC1CCC(NCCN2CC(C)OCC2C)CC1. The molecule has 0 bridgehead atoms. The van der Waals surface area contributed by atoms with Gasteiger partial charge in [-0.05, 0) is 45.4 Å². The fourth-order valence-corrected chi connectivity index (χ4v) is 3.16. The molecule has 18 heavy (non-hydrogen) atoms. The molecule has 1 heterocycles. The first-order valence-electron chi connectivity index (χ1n) is 7.74. The summed E-state index contributed by atoms with van der Waals surface area (Å²) in [6.45, 7) is 11.1. The van der Waals surface area contributed by atoms with Gasteiger partial charge in [-0.15, -0.1) is 0 Å². The summed E-state index contributed by atoms with van der Waals surface area (Å²) in [4.78, 5) is 2.56. The molecule has 1 aliphatic carbocycles. The summed E-state index contributed by atoms with van der Waals surface area (Å²) in [5, 5.41) is 3.74. The van der Waals surface area contributed by atoms with Crippen LogP contribution in [-0.2, 0) is 4.74 Å². The Morgan fingerprint density at radius 1 is 1.11 bits per heavy atom. The lowest BCUT2D eigenvalue weighted by atomic mass is 9.87. The number of ether oxygens (including phenoxy) is 1. The predicted molar refractivity (Wildman–Crippen MR) is 75.9 cm³/mol. The summed E-state index contributed by atoms with van der Waals surface area (Å²) in [5.41, 5.74) is 0. The van der Waals surface area contributed by atoms with E-state index in [1.165, 1.54) is 32.2 Å². The van der Waals surface area contributed by atoms with Crippen LogP contribution < -0.4 is 5.32 Å². The minimum absolute atomic E-state index is 0.400. The van der Waals surface area contributed by atoms with Crippen LogP contribution in [0, 0.1) is 5.92 Å². The van der Waals surface area contributed by atoms with Crippen molar-refractivity contribution in [3.63, 3.8) is 0 Å². The van der Waals surface area contributed by atoms with E-state index in [0.717, 1.165) is 31.7 Å². The second kappa shape index (κ2) is 6.88. The number of rotatable bonds is 4. The second-order valence-electron chi connectivity index (χ2n) is 6.40. The zero-order valence-corrected chi connectivity index (χ0v) is 12.3. The molecular weight excluding hydrogens is 224 g/mol. The highest BCUT2D eigenvalue weighted by molar-refractivity contribution is 4.78. The number of hydrogen-bond acceptors (Lipinski definition) is 3. The summed E-state index contributed by atoms with van der Waals surface area (Å²) >= 11 is 0. The number of nitrogens with one attached hydrogen (secondary N) is 1. The van der Waals surface area contributed by atoms with Gasteiger partial charge < -0.3 is 10.1 Å². The smallest absolute Gasteiger partial charge is 0.0674 e. The van der Waals surface area contributed by atoms with Crippen LogP contribution in [0.3, 0.4) is 0 Å². The van der Waals surface area contributed by atoms with Gasteiger partial charge in [0.15, 0.2) is 0 Å². The van der Waals surface area contributed by atoms with Gasteiger partial charge in [0, 0.05) is 31.7 Å². The molecule has 1 N–H and O–H groups in total. The molecular formula is C15H30N2O.